The number of fused-ring (bicyclic) bond motifs is 1. The molecular formula is C20H22BrNO4. The maximum Gasteiger partial charge on any atom is 0.244 e. The highest BCUT2D eigenvalue weighted by molar-refractivity contribution is 9.10. The third-order valence-corrected chi connectivity index (χ3v) is 4.51. The van der Waals surface area contributed by atoms with E-state index < -0.39 is 0 Å². The number of carbonyl (C=O) groups excluding carboxylic acids is 1. The third-order valence-electron chi connectivity index (χ3n) is 4.09. The third kappa shape index (κ3) is 4.69. The van der Waals surface area contributed by atoms with E-state index in [0.29, 0.717) is 23.6 Å². The summed E-state index contributed by atoms with van der Waals surface area (Å²) in [6, 6.07) is 9.29. The van der Waals surface area contributed by atoms with Gasteiger partial charge in [-0.25, -0.2) is 0 Å². The molecule has 3 rings (SSSR count). The standard InChI is InChI=1S/C20H22BrNO4/c1-13(2)20(22-19(23)9-6-15-5-8-18(21)26-15)14-4-7-16-17(12-14)25-11-3-10-24-16/h4-9,12-13,20H,3,10-11H2,1-2H3,(H,22,23)/b9-6+/t20-/m1/s1. The number of amides is 1. The van der Waals surface area contributed by atoms with E-state index in [1.807, 2.05) is 18.2 Å². The predicted octanol–water partition coefficient (Wildman–Crippen LogP) is 4.73. The SMILES string of the molecule is CC(C)[C@@H](NC(=O)/C=C/c1ccc(Br)o1)c1ccc2c(c1)OCCCO2. The topological polar surface area (TPSA) is 60.7 Å². The van der Waals surface area contributed by atoms with Crippen molar-refractivity contribution in [1.82, 2.24) is 5.32 Å². The van der Waals surface area contributed by atoms with Gasteiger partial charge in [0.1, 0.15) is 5.76 Å². The molecule has 2 aromatic rings. The number of benzene rings is 1. The zero-order chi connectivity index (χ0) is 18.5. The molecule has 138 valence electrons. The van der Waals surface area contributed by atoms with Gasteiger partial charge in [0.25, 0.3) is 0 Å². The fraction of sp³-hybridized carbons (Fsp3) is 0.350. The molecule has 1 aliphatic rings. The number of ether oxygens (including phenoxy) is 2. The van der Waals surface area contributed by atoms with Crippen LogP contribution in [0.5, 0.6) is 11.5 Å². The second-order valence-corrected chi connectivity index (χ2v) is 7.24. The van der Waals surface area contributed by atoms with Crippen LogP contribution in [0, 0.1) is 5.92 Å². The molecule has 1 N–H and O–H groups in total. The van der Waals surface area contributed by atoms with E-state index in [9.17, 15) is 4.79 Å². The molecule has 6 heteroatoms. The first-order chi connectivity index (χ1) is 12.5. The van der Waals surface area contributed by atoms with Gasteiger partial charge < -0.3 is 19.2 Å². The fourth-order valence-electron chi connectivity index (χ4n) is 2.79. The van der Waals surface area contributed by atoms with Gasteiger partial charge in [-0.05, 0) is 57.8 Å². The molecule has 1 aliphatic heterocycles. The van der Waals surface area contributed by atoms with Gasteiger partial charge >= 0.3 is 0 Å². The van der Waals surface area contributed by atoms with Crippen LogP contribution < -0.4 is 14.8 Å². The number of nitrogens with one attached hydrogen (secondary N) is 1. The average molecular weight is 420 g/mol. The van der Waals surface area contributed by atoms with E-state index in [1.165, 1.54) is 6.08 Å². The number of halogens is 1. The van der Waals surface area contributed by atoms with Gasteiger partial charge in [0.05, 0.1) is 19.3 Å². The van der Waals surface area contributed by atoms with Crippen LogP contribution in [0.3, 0.4) is 0 Å². The minimum atomic E-state index is -0.177. The van der Waals surface area contributed by atoms with Gasteiger partial charge in [-0.15, -0.1) is 0 Å². The number of hydrogen-bond donors (Lipinski definition) is 1. The summed E-state index contributed by atoms with van der Waals surface area (Å²) < 4.78 is 17.4. The molecule has 0 fully saturated rings. The lowest BCUT2D eigenvalue weighted by Crippen LogP contribution is -2.30. The normalized spacial score (nSPS) is 15.1. The Morgan fingerprint density at radius 1 is 1.15 bits per heavy atom. The molecule has 0 radical (unpaired) electrons. The highest BCUT2D eigenvalue weighted by atomic mass is 79.9. The summed E-state index contributed by atoms with van der Waals surface area (Å²) >= 11 is 3.24. The van der Waals surface area contributed by atoms with Gasteiger partial charge in [-0.2, -0.15) is 0 Å². The summed E-state index contributed by atoms with van der Waals surface area (Å²) in [5, 5.41) is 3.06. The van der Waals surface area contributed by atoms with E-state index in [1.54, 1.807) is 18.2 Å². The molecule has 2 heterocycles. The highest BCUT2D eigenvalue weighted by Gasteiger charge is 2.20. The summed E-state index contributed by atoms with van der Waals surface area (Å²) in [5.41, 5.74) is 0.992. The molecule has 26 heavy (non-hydrogen) atoms. The van der Waals surface area contributed by atoms with Crippen molar-refractivity contribution in [3.63, 3.8) is 0 Å². The monoisotopic (exact) mass is 419 g/mol. The minimum Gasteiger partial charge on any atom is -0.490 e. The van der Waals surface area contributed by atoms with Crippen molar-refractivity contribution in [3.05, 3.63) is 52.4 Å². The quantitative estimate of drug-likeness (QED) is 0.711. The van der Waals surface area contributed by atoms with Crippen molar-refractivity contribution in [2.75, 3.05) is 13.2 Å². The molecular weight excluding hydrogens is 398 g/mol. The van der Waals surface area contributed by atoms with Gasteiger partial charge in [0.2, 0.25) is 5.91 Å². The molecule has 1 atom stereocenters. The Hall–Kier alpha value is -2.21. The number of rotatable bonds is 5. The predicted molar refractivity (Wildman–Crippen MR) is 103 cm³/mol. The molecule has 0 saturated heterocycles. The van der Waals surface area contributed by atoms with Crippen molar-refractivity contribution in [3.8, 4) is 11.5 Å². The molecule has 5 nitrogen and oxygen atoms in total. The van der Waals surface area contributed by atoms with Gasteiger partial charge in [-0.3, -0.25) is 4.79 Å². The molecule has 0 saturated carbocycles. The van der Waals surface area contributed by atoms with Gasteiger partial charge in [0, 0.05) is 12.5 Å². The van der Waals surface area contributed by atoms with Crippen molar-refractivity contribution < 1.29 is 18.7 Å². The maximum absolute atomic E-state index is 12.3. The summed E-state index contributed by atoms with van der Waals surface area (Å²) in [7, 11) is 0. The van der Waals surface area contributed by atoms with Crippen LogP contribution in [0.25, 0.3) is 6.08 Å². The van der Waals surface area contributed by atoms with E-state index in [4.69, 9.17) is 13.9 Å². The number of furan rings is 1. The van der Waals surface area contributed by atoms with Gasteiger partial charge in [-0.1, -0.05) is 19.9 Å². The minimum absolute atomic E-state index is 0.132. The van der Waals surface area contributed by atoms with Crippen molar-refractivity contribution in [1.29, 1.82) is 0 Å². The molecule has 0 bridgehead atoms. The summed E-state index contributed by atoms with van der Waals surface area (Å²) in [6.45, 7) is 5.43. The molecule has 1 aromatic carbocycles. The first-order valence-electron chi connectivity index (χ1n) is 8.66. The van der Waals surface area contributed by atoms with E-state index in [0.717, 1.165) is 23.5 Å². The maximum atomic E-state index is 12.3. The fourth-order valence-corrected chi connectivity index (χ4v) is 3.10. The van der Waals surface area contributed by atoms with Crippen LogP contribution >= 0.6 is 15.9 Å². The molecule has 0 aliphatic carbocycles. The van der Waals surface area contributed by atoms with Crippen LogP contribution in [0.2, 0.25) is 0 Å². The lowest BCUT2D eigenvalue weighted by atomic mass is 9.95. The summed E-state index contributed by atoms with van der Waals surface area (Å²) in [6.07, 6.45) is 3.98. The second kappa shape index (κ2) is 8.45. The lowest BCUT2D eigenvalue weighted by molar-refractivity contribution is -0.117. The Labute approximate surface area is 161 Å². The first-order valence-corrected chi connectivity index (χ1v) is 9.45. The Morgan fingerprint density at radius 3 is 2.62 bits per heavy atom. The van der Waals surface area contributed by atoms with Crippen LogP contribution in [-0.2, 0) is 4.79 Å². The Morgan fingerprint density at radius 2 is 1.92 bits per heavy atom. The average Bonchev–Trinajstić information content (AvgIpc) is 2.89. The van der Waals surface area contributed by atoms with Crippen molar-refractivity contribution in [2.24, 2.45) is 5.92 Å². The Balaban J connectivity index is 1.73. The van der Waals surface area contributed by atoms with E-state index in [2.05, 4.69) is 35.1 Å². The van der Waals surface area contributed by atoms with Crippen molar-refractivity contribution >= 4 is 27.9 Å². The van der Waals surface area contributed by atoms with E-state index in [-0.39, 0.29) is 17.9 Å². The molecule has 0 spiro atoms. The Bertz CT molecular complexity index is 797. The van der Waals surface area contributed by atoms with E-state index >= 15 is 0 Å². The number of carbonyl (C=O) groups is 1. The zero-order valence-electron chi connectivity index (χ0n) is 14.8. The molecule has 1 amide bonds. The van der Waals surface area contributed by atoms with Crippen LogP contribution in [0.1, 0.15) is 37.6 Å². The van der Waals surface area contributed by atoms with Gasteiger partial charge in [0.15, 0.2) is 16.2 Å². The first kappa shape index (κ1) is 18.6. The highest BCUT2D eigenvalue weighted by Crippen LogP contribution is 2.34. The van der Waals surface area contributed by atoms with Crippen molar-refractivity contribution in [2.45, 2.75) is 26.3 Å². The van der Waals surface area contributed by atoms with Crippen LogP contribution in [0.15, 0.2) is 45.5 Å². The zero-order valence-corrected chi connectivity index (χ0v) is 16.4. The second-order valence-electron chi connectivity index (χ2n) is 6.46. The summed E-state index contributed by atoms with van der Waals surface area (Å²) in [4.78, 5) is 12.3. The van der Waals surface area contributed by atoms with Crippen LogP contribution in [0.4, 0.5) is 0 Å². The van der Waals surface area contributed by atoms with Crippen LogP contribution in [-0.4, -0.2) is 19.1 Å². The Kier molecular flexibility index (Phi) is 6.04. The molecule has 1 aromatic heterocycles. The lowest BCUT2D eigenvalue weighted by Gasteiger charge is -2.23. The number of hydrogen-bond acceptors (Lipinski definition) is 4. The molecule has 0 unspecified atom stereocenters. The summed E-state index contributed by atoms with van der Waals surface area (Å²) in [5.74, 6) is 2.14. The largest absolute Gasteiger partial charge is 0.490 e. The smallest absolute Gasteiger partial charge is 0.244 e.